The van der Waals surface area contributed by atoms with E-state index in [0.29, 0.717) is 6.04 Å². The quantitative estimate of drug-likeness (QED) is 0.821. The maximum absolute atomic E-state index is 5.96. The Labute approximate surface area is 114 Å². The van der Waals surface area contributed by atoms with Gasteiger partial charge in [-0.05, 0) is 32.2 Å². The lowest BCUT2D eigenvalue weighted by Crippen LogP contribution is -2.59. The number of hydrogen-bond acceptors (Lipinski definition) is 4. The van der Waals surface area contributed by atoms with Gasteiger partial charge in [-0.3, -0.25) is 4.90 Å². The molecule has 1 aromatic rings. The minimum atomic E-state index is 0.0750. The van der Waals surface area contributed by atoms with Gasteiger partial charge in [-0.25, -0.2) is 0 Å². The molecule has 1 aromatic heterocycles. The summed E-state index contributed by atoms with van der Waals surface area (Å²) < 4.78 is 5.96. The van der Waals surface area contributed by atoms with Crippen LogP contribution >= 0.6 is 11.3 Å². The molecule has 102 valence electrons. The fourth-order valence-electron chi connectivity index (χ4n) is 2.11. The summed E-state index contributed by atoms with van der Waals surface area (Å²) in [5.74, 6) is 0. The number of nitrogens with zero attached hydrogens (tertiary/aromatic N) is 1. The van der Waals surface area contributed by atoms with E-state index in [2.05, 4.69) is 48.5 Å². The van der Waals surface area contributed by atoms with Crippen molar-refractivity contribution < 1.29 is 4.74 Å². The molecule has 0 atom stereocenters. The highest BCUT2D eigenvalue weighted by Gasteiger charge is 2.32. The molecule has 2 rings (SSSR count). The standard InChI is InChI=1S/C14H24N2OS/c1-12(2)16(9-13-5-4-8-18-13)6-7-17-14(3)10-15-11-14/h4-5,8,12,15H,6-7,9-11H2,1-3H3. The highest BCUT2D eigenvalue weighted by Crippen LogP contribution is 2.17. The second-order valence-corrected chi connectivity index (χ2v) is 6.58. The zero-order valence-corrected chi connectivity index (χ0v) is 12.4. The molecule has 18 heavy (non-hydrogen) atoms. The first kappa shape index (κ1) is 14.0. The van der Waals surface area contributed by atoms with E-state index in [4.69, 9.17) is 4.74 Å². The van der Waals surface area contributed by atoms with Gasteiger partial charge in [0.05, 0.1) is 12.2 Å². The zero-order valence-electron chi connectivity index (χ0n) is 11.6. The Kier molecular flexibility index (Phi) is 4.78. The predicted octanol–water partition coefficient (Wildman–Crippen LogP) is 2.34. The summed E-state index contributed by atoms with van der Waals surface area (Å²) in [6, 6.07) is 4.89. The van der Waals surface area contributed by atoms with Crippen molar-refractivity contribution >= 4 is 11.3 Å². The van der Waals surface area contributed by atoms with Gasteiger partial charge in [0.25, 0.3) is 0 Å². The van der Waals surface area contributed by atoms with Crippen LogP contribution in [0.5, 0.6) is 0 Å². The van der Waals surface area contributed by atoms with Gasteiger partial charge >= 0.3 is 0 Å². The Morgan fingerprint density at radius 3 is 2.78 bits per heavy atom. The molecular weight excluding hydrogens is 244 g/mol. The van der Waals surface area contributed by atoms with Crippen molar-refractivity contribution in [2.45, 2.75) is 39.0 Å². The average Bonchev–Trinajstić information content (AvgIpc) is 2.78. The van der Waals surface area contributed by atoms with Crippen molar-refractivity contribution in [1.29, 1.82) is 0 Å². The summed E-state index contributed by atoms with van der Waals surface area (Å²) in [4.78, 5) is 3.90. The smallest absolute Gasteiger partial charge is 0.0902 e. The van der Waals surface area contributed by atoms with E-state index < -0.39 is 0 Å². The van der Waals surface area contributed by atoms with Gasteiger partial charge in [-0.15, -0.1) is 11.3 Å². The second-order valence-electron chi connectivity index (χ2n) is 5.55. The summed E-state index contributed by atoms with van der Waals surface area (Å²) in [6.07, 6.45) is 0. The van der Waals surface area contributed by atoms with Crippen molar-refractivity contribution in [3.8, 4) is 0 Å². The molecule has 0 radical (unpaired) electrons. The molecule has 1 N–H and O–H groups in total. The summed E-state index contributed by atoms with van der Waals surface area (Å²) in [7, 11) is 0. The molecule has 2 heterocycles. The lowest BCUT2D eigenvalue weighted by Gasteiger charge is -2.39. The van der Waals surface area contributed by atoms with Gasteiger partial charge in [0, 0.05) is 37.1 Å². The summed E-state index contributed by atoms with van der Waals surface area (Å²) in [5, 5.41) is 5.41. The Bertz CT molecular complexity index is 347. The molecule has 3 nitrogen and oxygen atoms in total. The van der Waals surface area contributed by atoms with E-state index in [1.54, 1.807) is 0 Å². The maximum atomic E-state index is 5.96. The molecule has 0 unspecified atom stereocenters. The van der Waals surface area contributed by atoms with Crippen molar-refractivity contribution in [2.24, 2.45) is 0 Å². The highest BCUT2D eigenvalue weighted by molar-refractivity contribution is 7.09. The lowest BCUT2D eigenvalue weighted by atomic mass is 10.0. The molecule has 0 spiro atoms. The van der Waals surface area contributed by atoms with Crippen molar-refractivity contribution in [1.82, 2.24) is 10.2 Å². The monoisotopic (exact) mass is 268 g/mol. The Balaban J connectivity index is 1.75. The first-order valence-corrected chi connectivity index (χ1v) is 7.58. The van der Waals surface area contributed by atoms with Crippen LogP contribution in [-0.2, 0) is 11.3 Å². The minimum Gasteiger partial charge on any atom is -0.371 e. The van der Waals surface area contributed by atoms with E-state index in [0.717, 1.165) is 32.8 Å². The van der Waals surface area contributed by atoms with Crippen molar-refractivity contribution in [3.63, 3.8) is 0 Å². The number of nitrogens with one attached hydrogen (secondary N) is 1. The van der Waals surface area contributed by atoms with Gasteiger partial charge in [-0.1, -0.05) is 6.07 Å². The summed E-state index contributed by atoms with van der Waals surface area (Å²) >= 11 is 1.83. The van der Waals surface area contributed by atoms with Crippen molar-refractivity contribution in [2.75, 3.05) is 26.2 Å². The maximum Gasteiger partial charge on any atom is 0.0902 e. The minimum absolute atomic E-state index is 0.0750. The Hall–Kier alpha value is -0.420. The third-order valence-electron chi connectivity index (χ3n) is 3.50. The van der Waals surface area contributed by atoms with Gasteiger partial charge in [0.15, 0.2) is 0 Å². The highest BCUT2D eigenvalue weighted by atomic mass is 32.1. The fourth-order valence-corrected chi connectivity index (χ4v) is 2.84. The van der Waals surface area contributed by atoms with Crippen LogP contribution in [0.1, 0.15) is 25.6 Å². The number of rotatable bonds is 7. The van der Waals surface area contributed by atoms with Gasteiger partial charge in [-0.2, -0.15) is 0 Å². The molecular formula is C14H24N2OS. The van der Waals surface area contributed by atoms with Crippen molar-refractivity contribution in [3.05, 3.63) is 22.4 Å². The topological polar surface area (TPSA) is 24.5 Å². The number of ether oxygens (including phenoxy) is 1. The van der Waals surface area contributed by atoms with Crippen LogP contribution in [0.15, 0.2) is 17.5 Å². The number of thiophene rings is 1. The van der Waals surface area contributed by atoms with Crippen LogP contribution in [-0.4, -0.2) is 42.8 Å². The SMILES string of the molecule is CC(C)N(CCOC1(C)CNC1)Cc1cccs1. The largest absolute Gasteiger partial charge is 0.371 e. The molecule has 1 saturated heterocycles. The van der Waals surface area contributed by atoms with E-state index >= 15 is 0 Å². The molecule has 1 aliphatic rings. The van der Waals surface area contributed by atoms with Gasteiger partial charge in [0.2, 0.25) is 0 Å². The first-order valence-electron chi connectivity index (χ1n) is 6.70. The Morgan fingerprint density at radius 1 is 1.50 bits per heavy atom. The summed E-state index contributed by atoms with van der Waals surface area (Å²) in [5.41, 5.74) is 0.0750. The Morgan fingerprint density at radius 2 is 2.28 bits per heavy atom. The third-order valence-corrected chi connectivity index (χ3v) is 4.36. The van der Waals surface area contributed by atoms with Crippen LogP contribution in [0.25, 0.3) is 0 Å². The van der Waals surface area contributed by atoms with E-state index in [1.165, 1.54) is 4.88 Å². The van der Waals surface area contributed by atoms with Gasteiger partial charge in [0.1, 0.15) is 0 Å². The zero-order chi connectivity index (χ0) is 13.0. The molecule has 1 aliphatic heterocycles. The molecule has 0 aliphatic carbocycles. The van der Waals surface area contributed by atoms with Crippen LogP contribution in [0.3, 0.4) is 0 Å². The van der Waals surface area contributed by atoms with E-state index in [9.17, 15) is 0 Å². The molecule has 0 amide bonds. The molecule has 4 heteroatoms. The summed E-state index contributed by atoms with van der Waals surface area (Å²) in [6.45, 7) is 11.5. The van der Waals surface area contributed by atoms with E-state index in [1.807, 2.05) is 11.3 Å². The average molecular weight is 268 g/mol. The molecule has 1 fully saturated rings. The lowest BCUT2D eigenvalue weighted by molar-refractivity contribution is -0.0742. The van der Waals surface area contributed by atoms with Crippen LogP contribution < -0.4 is 5.32 Å². The van der Waals surface area contributed by atoms with Crippen LogP contribution in [0.2, 0.25) is 0 Å². The fraction of sp³-hybridized carbons (Fsp3) is 0.714. The van der Waals surface area contributed by atoms with Crippen LogP contribution in [0.4, 0.5) is 0 Å². The van der Waals surface area contributed by atoms with Crippen LogP contribution in [0, 0.1) is 0 Å². The predicted molar refractivity (Wildman–Crippen MR) is 77.1 cm³/mol. The van der Waals surface area contributed by atoms with Gasteiger partial charge < -0.3 is 10.1 Å². The third kappa shape index (κ3) is 3.79. The number of hydrogen-bond donors (Lipinski definition) is 1. The normalized spacial score (nSPS) is 18.3. The van der Waals surface area contributed by atoms with E-state index in [-0.39, 0.29) is 5.60 Å². The molecule has 0 aromatic carbocycles. The molecule has 0 bridgehead atoms. The second kappa shape index (κ2) is 6.15. The molecule has 0 saturated carbocycles. The first-order chi connectivity index (χ1) is 8.59.